The van der Waals surface area contributed by atoms with Gasteiger partial charge in [0.1, 0.15) is 18.5 Å². The molecule has 33 heavy (non-hydrogen) atoms. The zero-order chi connectivity index (χ0) is 22.9. The summed E-state index contributed by atoms with van der Waals surface area (Å²) in [6, 6.07) is 11.8. The van der Waals surface area contributed by atoms with Crippen LogP contribution in [0.3, 0.4) is 0 Å². The minimum absolute atomic E-state index is 0.142. The molecule has 0 spiro atoms. The molecule has 3 heterocycles. The first-order chi connectivity index (χ1) is 16.2. The molecule has 1 aliphatic rings. The van der Waals surface area contributed by atoms with Crippen molar-refractivity contribution in [2.75, 3.05) is 31.6 Å². The largest absolute Gasteiger partial charge is 0.491 e. The van der Waals surface area contributed by atoms with Crippen molar-refractivity contribution in [3.63, 3.8) is 0 Å². The minimum Gasteiger partial charge on any atom is -0.491 e. The summed E-state index contributed by atoms with van der Waals surface area (Å²) in [6.45, 7) is 3.57. The standard InChI is InChI=1S/C25H31N5O3/c31-22(18-33-23-8-4-6-20(13-23)17-30-10-2-1-3-11-30)16-28-25-27-15-21(24(32)29-25)12-19-7-5-9-26-14-19/h4-9,13-15,22,31H,1-3,10-12,16-18H2,(H2,27,28,29,32). The van der Waals surface area contributed by atoms with Crippen molar-refractivity contribution in [2.24, 2.45) is 0 Å². The van der Waals surface area contributed by atoms with Gasteiger partial charge in [-0.1, -0.05) is 24.6 Å². The van der Waals surface area contributed by atoms with Gasteiger partial charge in [-0.25, -0.2) is 4.98 Å². The molecule has 3 aromatic rings. The summed E-state index contributed by atoms with van der Waals surface area (Å²) >= 11 is 0. The molecule has 0 saturated carbocycles. The van der Waals surface area contributed by atoms with E-state index in [4.69, 9.17) is 4.74 Å². The summed E-state index contributed by atoms with van der Waals surface area (Å²) in [5, 5.41) is 13.3. The molecule has 0 amide bonds. The van der Waals surface area contributed by atoms with Gasteiger partial charge in [-0.2, -0.15) is 0 Å². The molecule has 1 aromatic carbocycles. The number of aromatic nitrogens is 3. The SMILES string of the molecule is O=c1[nH]c(NCC(O)COc2cccc(CN3CCCCC3)c2)ncc1Cc1cccnc1. The summed E-state index contributed by atoms with van der Waals surface area (Å²) in [5.74, 6) is 1.06. The van der Waals surface area contributed by atoms with E-state index in [1.165, 1.54) is 24.8 Å². The number of piperidine rings is 1. The third-order valence-corrected chi connectivity index (χ3v) is 5.69. The monoisotopic (exact) mass is 449 g/mol. The molecule has 2 aromatic heterocycles. The highest BCUT2D eigenvalue weighted by atomic mass is 16.5. The number of nitrogens with zero attached hydrogens (tertiary/aromatic N) is 3. The first kappa shape index (κ1) is 22.9. The fourth-order valence-corrected chi connectivity index (χ4v) is 3.93. The molecule has 1 saturated heterocycles. The van der Waals surface area contributed by atoms with Gasteiger partial charge in [-0.3, -0.25) is 19.7 Å². The third-order valence-electron chi connectivity index (χ3n) is 5.69. The van der Waals surface area contributed by atoms with E-state index in [1.807, 2.05) is 30.3 Å². The van der Waals surface area contributed by atoms with Crippen molar-refractivity contribution in [3.05, 3.63) is 82.0 Å². The Bertz CT molecular complexity index is 1070. The zero-order valence-electron chi connectivity index (χ0n) is 18.7. The second-order valence-electron chi connectivity index (χ2n) is 8.45. The normalized spacial score (nSPS) is 15.2. The average molecular weight is 450 g/mol. The van der Waals surface area contributed by atoms with Gasteiger partial charge in [-0.15, -0.1) is 0 Å². The van der Waals surface area contributed by atoms with Crippen LogP contribution in [0.1, 0.15) is 36.0 Å². The number of rotatable bonds is 10. The number of pyridine rings is 1. The molecule has 1 fully saturated rings. The van der Waals surface area contributed by atoms with Gasteiger partial charge in [0.25, 0.3) is 5.56 Å². The van der Waals surface area contributed by atoms with Crippen LogP contribution in [-0.2, 0) is 13.0 Å². The lowest BCUT2D eigenvalue weighted by Gasteiger charge is -2.26. The van der Waals surface area contributed by atoms with E-state index in [0.717, 1.165) is 30.9 Å². The Morgan fingerprint density at radius 3 is 2.76 bits per heavy atom. The second kappa shape index (κ2) is 11.6. The number of hydrogen-bond donors (Lipinski definition) is 3. The van der Waals surface area contributed by atoms with Crippen LogP contribution in [0.4, 0.5) is 5.95 Å². The van der Waals surface area contributed by atoms with Crippen LogP contribution in [0.5, 0.6) is 5.75 Å². The molecule has 1 unspecified atom stereocenters. The van der Waals surface area contributed by atoms with Gasteiger partial charge >= 0.3 is 0 Å². The van der Waals surface area contributed by atoms with Crippen LogP contribution in [-0.4, -0.2) is 57.3 Å². The van der Waals surface area contributed by atoms with E-state index in [2.05, 4.69) is 31.2 Å². The fraction of sp³-hybridized carbons (Fsp3) is 0.400. The van der Waals surface area contributed by atoms with E-state index in [9.17, 15) is 9.90 Å². The lowest BCUT2D eigenvalue weighted by Crippen LogP contribution is -2.29. The molecule has 3 N–H and O–H groups in total. The molecular formula is C25H31N5O3. The van der Waals surface area contributed by atoms with Crippen molar-refractivity contribution in [1.29, 1.82) is 0 Å². The van der Waals surface area contributed by atoms with Crippen molar-refractivity contribution in [2.45, 2.75) is 38.3 Å². The van der Waals surface area contributed by atoms with Gasteiger partial charge in [0.2, 0.25) is 5.95 Å². The highest BCUT2D eigenvalue weighted by Gasteiger charge is 2.12. The van der Waals surface area contributed by atoms with Crippen molar-refractivity contribution >= 4 is 5.95 Å². The number of H-pyrrole nitrogens is 1. The van der Waals surface area contributed by atoms with Crippen LogP contribution in [0.2, 0.25) is 0 Å². The van der Waals surface area contributed by atoms with Gasteiger partial charge in [0.05, 0.1) is 0 Å². The predicted molar refractivity (Wildman–Crippen MR) is 127 cm³/mol. The predicted octanol–water partition coefficient (Wildman–Crippen LogP) is 2.59. The number of likely N-dealkylation sites (tertiary alicyclic amines) is 1. The Morgan fingerprint density at radius 1 is 1.12 bits per heavy atom. The van der Waals surface area contributed by atoms with Crippen LogP contribution in [0.15, 0.2) is 59.8 Å². The molecule has 8 nitrogen and oxygen atoms in total. The van der Waals surface area contributed by atoms with Crippen molar-refractivity contribution < 1.29 is 9.84 Å². The summed E-state index contributed by atoms with van der Waals surface area (Å²) in [4.78, 5) is 25.8. The van der Waals surface area contributed by atoms with Gasteiger partial charge < -0.3 is 15.2 Å². The average Bonchev–Trinajstić information content (AvgIpc) is 2.84. The molecule has 1 aliphatic heterocycles. The van der Waals surface area contributed by atoms with Gasteiger partial charge in [0.15, 0.2) is 0 Å². The second-order valence-corrected chi connectivity index (χ2v) is 8.45. The van der Waals surface area contributed by atoms with Gasteiger partial charge in [-0.05, 0) is 55.3 Å². The topological polar surface area (TPSA) is 103 Å². The first-order valence-corrected chi connectivity index (χ1v) is 11.5. The maximum absolute atomic E-state index is 12.3. The highest BCUT2D eigenvalue weighted by molar-refractivity contribution is 5.29. The van der Waals surface area contributed by atoms with Crippen LogP contribution < -0.4 is 15.6 Å². The number of ether oxygens (including phenoxy) is 1. The zero-order valence-corrected chi connectivity index (χ0v) is 18.7. The van der Waals surface area contributed by atoms with E-state index in [-0.39, 0.29) is 18.7 Å². The molecule has 4 rings (SSSR count). The van der Waals surface area contributed by atoms with Crippen LogP contribution in [0, 0.1) is 0 Å². The maximum atomic E-state index is 12.3. The maximum Gasteiger partial charge on any atom is 0.255 e. The van der Waals surface area contributed by atoms with Crippen LogP contribution >= 0.6 is 0 Å². The molecule has 1 atom stereocenters. The van der Waals surface area contributed by atoms with E-state index >= 15 is 0 Å². The van der Waals surface area contributed by atoms with E-state index < -0.39 is 6.10 Å². The number of hydrogen-bond acceptors (Lipinski definition) is 7. The fourth-order valence-electron chi connectivity index (χ4n) is 3.93. The number of aromatic amines is 1. The lowest BCUT2D eigenvalue weighted by atomic mass is 10.1. The summed E-state index contributed by atoms with van der Waals surface area (Å²) in [7, 11) is 0. The number of nitrogens with one attached hydrogen (secondary N) is 2. The first-order valence-electron chi connectivity index (χ1n) is 11.5. The number of aliphatic hydroxyl groups is 1. The quantitative estimate of drug-likeness (QED) is 0.437. The van der Waals surface area contributed by atoms with E-state index in [0.29, 0.717) is 17.9 Å². The van der Waals surface area contributed by atoms with Crippen LogP contribution in [0.25, 0.3) is 0 Å². The van der Waals surface area contributed by atoms with Gasteiger partial charge in [0, 0.05) is 43.7 Å². The highest BCUT2D eigenvalue weighted by Crippen LogP contribution is 2.18. The summed E-state index contributed by atoms with van der Waals surface area (Å²) in [6.07, 6.45) is 8.53. The molecule has 0 bridgehead atoms. The number of aliphatic hydroxyl groups excluding tert-OH is 1. The lowest BCUT2D eigenvalue weighted by molar-refractivity contribution is 0.117. The number of benzene rings is 1. The molecule has 0 aliphatic carbocycles. The Kier molecular flexibility index (Phi) is 8.05. The number of anilines is 1. The Labute approximate surface area is 193 Å². The molecule has 8 heteroatoms. The Morgan fingerprint density at radius 2 is 1.97 bits per heavy atom. The molecular weight excluding hydrogens is 418 g/mol. The Balaban J connectivity index is 1.23. The van der Waals surface area contributed by atoms with Crippen molar-refractivity contribution in [3.8, 4) is 5.75 Å². The Hall–Kier alpha value is -3.23. The smallest absolute Gasteiger partial charge is 0.255 e. The minimum atomic E-state index is -0.754. The molecule has 174 valence electrons. The summed E-state index contributed by atoms with van der Waals surface area (Å²) < 4.78 is 5.79. The van der Waals surface area contributed by atoms with Crippen molar-refractivity contribution in [1.82, 2.24) is 19.9 Å². The third kappa shape index (κ3) is 7.13. The summed E-state index contributed by atoms with van der Waals surface area (Å²) in [5.41, 5.74) is 2.50. The van der Waals surface area contributed by atoms with E-state index in [1.54, 1.807) is 18.6 Å². The molecule has 0 radical (unpaired) electrons.